The molecule has 0 spiro atoms. The number of methoxy groups -OCH3 is 1. The van der Waals surface area contributed by atoms with Gasteiger partial charge in [0.1, 0.15) is 11.3 Å². The second-order valence-corrected chi connectivity index (χ2v) is 11.7. The van der Waals surface area contributed by atoms with Crippen LogP contribution in [0.3, 0.4) is 0 Å². The number of ether oxygens (including phenoxy) is 1. The van der Waals surface area contributed by atoms with Gasteiger partial charge in [-0.1, -0.05) is 0 Å². The van der Waals surface area contributed by atoms with E-state index in [-0.39, 0.29) is 34.6 Å². The third-order valence-electron chi connectivity index (χ3n) is 7.42. The number of carbonyl (C=O) groups excluding carboxylic acids is 2. The average molecular weight is 450 g/mol. The normalized spacial score (nSPS) is 32.0. The third kappa shape index (κ3) is 3.93. The molecule has 2 amide bonds. The first-order valence-corrected chi connectivity index (χ1v) is 12.2. The number of hydrogen-bond acceptors (Lipinski definition) is 5. The van der Waals surface area contributed by atoms with Crippen molar-refractivity contribution in [2.45, 2.75) is 62.4 Å². The summed E-state index contributed by atoms with van der Waals surface area (Å²) in [6.07, 6.45) is 4.24. The van der Waals surface area contributed by atoms with Crippen molar-refractivity contribution in [2.24, 2.45) is 28.9 Å². The first-order valence-electron chi connectivity index (χ1n) is 10.7. The van der Waals surface area contributed by atoms with E-state index < -0.39 is 21.0 Å². The van der Waals surface area contributed by atoms with E-state index in [1.807, 2.05) is 0 Å². The molecule has 31 heavy (non-hydrogen) atoms. The van der Waals surface area contributed by atoms with E-state index >= 15 is 0 Å². The van der Waals surface area contributed by atoms with Crippen LogP contribution < -0.4 is 20.5 Å². The van der Waals surface area contributed by atoms with Crippen LogP contribution >= 0.6 is 0 Å². The lowest BCUT2D eigenvalue weighted by Gasteiger charge is -2.59. The highest BCUT2D eigenvalue weighted by molar-refractivity contribution is 7.89. The van der Waals surface area contributed by atoms with Crippen molar-refractivity contribution in [3.63, 3.8) is 0 Å². The van der Waals surface area contributed by atoms with Crippen LogP contribution in [0.2, 0.25) is 0 Å². The molecule has 1 aromatic carbocycles. The fraction of sp³-hybridized carbons (Fsp3) is 0.636. The molecule has 170 valence electrons. The standard InChI is InChI=1S/C22H31N3O5S/c1-21(2,25-31(28,29)17-6-4-16(30-3)5-7-17)20(27)24-18-14-8-13-9-15(18)12-22(10-13,11-14)19(23)26/h4-7,13-15,18,25H,8-12H2,1-3H3,(H2,23,26)(H,24,27). The molecule has 8 nitrogen and oxygen atoms in total. The van der Waals surface area contributed by atoms with Gasteiger partial charge in [0.15, 0.2) is 0 Å². The second-order valence-electron chi connectivity index (χ2n) is 10.0. The number of sulfonamides is 1. The molecule has 2 atom stereocenters. The van der Waals surface area contributed by atoms with Gasteiger partial charge in [-0.3, -0.25) is 9.59 Å². The highest BCUT2D eigenvalue weighted by atomic mass is 32.2. The Balaban J connectivity index is 1.46. The average Bonchev–Trinajstić information content (AvgIpc) is 2.69. The summed E-state index contributed by atoms with van der Waals surface area (Å²) in [5, 5.41) is 3.11. The van der Waals surface area contributed by atoms with Gasteiger partial charge in [0.2, 0.25) is 21.8 Å². The van der Waals surface area contributed by atoms with Gasteiger partial charge in [-0.25, -0.2) is 8.42 Å². The Hall–Kier alpha value is -2.13. The van der Waals surface area contributed by atoms with Crippen molar-refractivity contribution in [1.29, 1.82) is 0 Å². The highest BCUT2D eigenvalue weighted by Gasteiger charge is 2.58. The number of carbonyl (C=O) groups is 2. The fourth-order valence-corrected chi connectivity index (χ4v) is 7.47. The van der Waals surface area contributed by atoms with Gasteiger partial charge in [-0.2, -0.15) is 4.72 Å². The fourth-order valence-electron chi connectivity index (χ4n) is 6.09. The molecular formula is C22H31N3O5S. The van der Waals surface area contributed by atoms with E-state index in [0.717, 1.165) is 19.3 Å². The molecule has 4 bridgehead atoms. The summed E-state index contributed by atoms with van der Waals surface area (Å²) in [5.41, 5.74) is 3.97. The van der Waals surface area contributed by atoms with Crippen LogP contribution in [0.4, 0.5) is 0 Å². The summed E-state index contributed by atoms with van der Waals surface area (Å²) in [5.74, 6) is 0.860. The summed E-state index contributed by atoms with van der Waals surface area (Å²) < 4.78 is 33.2. The Kier molecular flexibility index (Phi) is 5.33. The number of nitrogens with two attached hydrogens (primary N) is 1. The Labute approximate surface area is 183 Å². The van der Waals surface area contributed by atoms with Crippen LogP contribution in [0.15, 0.2) is 29.2 Å². The first kappa shape index (κ1) is 22.1. The maximum atomic E-state index is 13.1. The minimum Gasteiger partial charge on any atom is -0.497 e. The van der Waals surface area contributed by atoms with Gasteiger partial charge < -0.3 is 15.8 Å². The zero-order valence-electron chi connectivity index (χ0n) is 18.2. The van der Waals surface area contributed by atoms with Gasteiger partial charge in [-0.05, 0) is 88.0 Å². The maximum absolute atomic E-state index is 13.1. The molecule has 2 unspecified atom stereocenters. The van der Waals surface area contributed by atoms with Gasteiger partial charge in [0.25, 0.3) is 0 Å². The van der Waals surface area contributed by atoms with Crippen LogP contribution in [-0.4, -0.2) is 38.9 Å². The van der Waals surface area contributed by atoms with Gasteiger partial charge in [0, 0.05) is 11.5 Å². The molecule has 4 aliphatic carbocycles. The summed E-state index contributed by atoms with van der Waals surface area (Å²) in [6.45, 7) is 3.12. The lowest BCUT2D eigenvalue weighted by molar-refractivity contribution is -0.148. The second kappa shape index (κ2) is 7.48. The van der Waals surface area contributed by atoms with E-state index in [9.17, 15) is 18.0 Å². The Morgan fingerprint density at radius 2 is 1.68 bits per heavy atom. The number of primary amides is 1. The quantitative estimate of drug-likeness (QED) is 0.582. The van der Waals surface area contributed by atoms with E-state index in [1.54, 1.807) is 26.0 Å². The van der Waals surface area contributed by atoms with Crippen molar-refractivity contribution >= 4 is 21.8 Å². The molecule has 9 heteroatoms. The monoisotopic (exact) mass is 449 g/mol. The molecule has 0 aromatic heterocycles. The highest BCUT2D eigenvalue weighted by Crippen LogP contribution is 2.59. The predicted octanol–water partition coefficient (Wildman–Crippen LogP) is 1.55. The molecule has 4 saturated carbocycles. The van der Waals surface area contributed by atoms with Gasteiger partial charge in [0.05, 0.1) is 12.0 Å². The van der Waals surface area contributed by atoms with Crippen molar-refractivity contribution < 1.29 is 22.7 Å². The van der Waals surface area contributed by atoms with E-state index in [1.165, 1.54) is 19.2 Å². The maximum Gasteiger partial charge on any atom is 0.241 e. The topological polar surface area (TPSA) is 128 Å². The van der Waals surface area contributed by atoms with Crippen LogP contribution in [-0.2, 0) is 19.6 Å². The Morgan fingerprint density at radius 3 is 2.19 bits per heavy atom. The Morgan fingerprint density at radius 1 is 1.10 bits per heavy atom. The van der Waals surface area contributed by atoms with Crippen molar-refractivity contribution in [2.75, 3.05) is 7.11 Å². The first-order chi connectivity index (χ1) is 14.5. The molecule has 4 fully saturated rings. The number of rotatable bonds is 7. The van der Waals surface area contributed by atoms with Gasteiger partial charge >= 0.3 is 0 Å². The molecule has 4 N–H and O–H groups in total. The molecule has 4 aliphatic rings. The largest absolute Gasteiger partial charge is 0.497 e. The number of nitrogens with one attached hydrogen (secondary N) is 2. The summed E-state index contributed by atoms with van der Waals surface area (Å²) in [6, 6.07) is 5.95. The summed E-state index contributed by atoms with van der Waals surface area (Å²) in [7, 11) is -2.39. The smallest absolute Gasteiger partial charge is 0.241 e. The van der Waals surface area contributed by atoms with E-state index in [0.29, 0.717) is 24.5 Å². The lowest BCUT2D eigenvalue weighted by atomic mass is 9.47. The van der Waals surface area contributed by atoms with Crippen LogP contribution in [0, 0.1) is 23.2 Å². The molecular weight excluding hydrogens is 418 g/mol. The zero-order valence-corrected chi connectivity index (χ0v) is 19.0. The molecule has 0 radical (unpaired) electrons. The van der Waals surface area contributed by atoms with E-state index in [4.69, 9.17) is 10.5 Å². The van der Waals surface area contributed by atoms with Crippen LogP contribution in [0.5, 0.6) is 5.75 Å². The van der Waals surface area contributed by atoms with Crippen LogP contribution in [0.1, 0.15) is 46.0 Å². The number of benzene rings is 1. The van der Waals surface area contributed by atoms with Gasteiger partial charge in [-0.15, -0.1) is 0 Å². The molecule has 5 rings (SSSR count). The SMILES string of the molecule is COc1ccc(S(=O)(=O)NC(C)(C)C(=O)NC2C3CC4CC2CC(C(N)=O)(C4)C3)cc1. The van der Waals surface area contributed by atoms with Crippen LogP contribution in [0.25, 0.3) is 0 Å². The zero-order chi connectivity index (χ0) is 22.6. The van der Waals surface area contributed by atoms with Crippen molar-refractivity contribution in [3.8, 4) is 5.75 Å². The Bertz CT molecular complexity index is 973. The molecule has 0 heterocycles. The predicted molar refractivity (Wildman–Crippen MR) is 115 cm³/mol. The summed E-state index contributed by atoms with van der Waals surface area (Å²) >= 11 is 0. The van der Waals surface area contributed by atoms with E-state index in [2.05, 4.69) is 10.0 Å². The van der Waals surface area contributed by atoms with Crippen molar-refractivity contribution in [1.82, 2.24) is 10.0 Å². The molecule has 0 saturated heterocycles. The summed E-state index contributed by atoms with van der Waals surface area (Å²) in [4.78, 5) is 25.3. The minimum absolute atomic E-state index is 0.0544. The number of amides is 2. The third-order valence-corrected chi connectivity index (χ3v) is 9.09. The van der Waals surface area contributed by atoms with Crippen molar-refractivity contribution in [3.05, 3.63) is 24.3 Å². The minimum atomic E-state index is -3.90. The lowest BCUT2D eigenvalue weighted by Crippen LogP contribution is -2.65. The molecule has 1 aromatic rings. The number of hydrogen-bond donors (Lipinski definition) is 3. The molecule has 0 aliphatic heterocycles.